The lowest BCUT2D eigenvalue weighted by atomic mass is 10.00. The van der Waals surface area contributed by atoms with Crippen LogP contribution < -0.4 is 5.73 Å². The highest BCUT2D eigenvalue weighted by atomic mass is 35.5. The molecule has 2 heterocycles. The zero-order chi connectivity index (χ0) is 21.8. The van der Waals surface area contributed by atoms with Crippen molar-refractivity contribution in [2.45, 2.75) is 19.5 Å². The number of benzene rings is 2. The summed E-state index contributed by atoms with van der Waals surface area (Å²) in [6, 6.07) is 15.7. The van der Waals surface area contributed by atoms with Gasteiger partial charge in [-0.25, -0.2) is 0 Å². The Balaban J connectivity index is 1.53. The van der Waals surface area contributed by atoms with E-state index in [-0.39, 0.29) is 5.91 Å². The lowest BCUT2D eigenvalue weighted by Crippen LogP contribution is -2.52. The summed E-state index contributed by atoms with van der Waals surface area (Å²) in [5.41, 5.74) is 11.0. The molecule has 6 heteroatoms. The fraction of sp³-hybridized carbons (Fsp3) is 0.320. The second kappa shape index (κ2) is 9.57. The van der Waals surface area contributed by atoms with Gasteiger partial charge in [0.1, 0.15) is 0 Å². The van der Waals surface area contributed by atoms with Crippen molar-refractivity contribution in [1.82, 2.24) is 14.7 Å². The Hall–Kier alpha value is -2.78. The van der Waals surface area contributed by atoms with E-state index < -0.39 is 0 Å². The average molecular weight is 435 g/mol. The maximum atomic E-state index is 13.4. The normalized spacial score (nSPS) is 17.0. The minimum absolute atomic E-state index is 0.111. The molecule has 0 aromatic heterocycles. The molecule has 1 amide bonds. The zero-order valence-electron chi connectivity index (χ0n) is 17.6. The number of hydrogen-bond acceptors (Lipinski definition) is 4. The van der Waals surface area contributed by atoms with Crippen molar-refractivity contribution in [1.29, 1.82) is 0 Å². The molecule has 2 aliphatic rings. The van der Waals surface area contributed by atoms with Gasteiger partial charge in [-0.3, -0.25) is 9.69 Å². The summed E-state index contributed by atoms with van der Waals surface area (Å²) in [6.45, 7) is 4.74. The van der Waals surface area contributed by atoms with Gasteiger partial charge < -0.3 is 15.5 Å². The molecule has 0 aliphatic carbocycles. The average Bonchev–Trinajstić information content (AvgIpc) is 2.78. The first-order valence-corrected chi connectivity index (χ1v) is 10.9. The number of nitrogens with two attached hydrogens (primary N) is 1. The van der Waals surface area contributed by atoms with Gasteiger partial charge in [-0.15, -0.1) is 6.42 Å². The molecule has 5 nitrogen and oxygen atoms in total. The van der Waals surface area contributed by atoms with E-state index >= 15 is 0 Å². The highest BCUT2D eigenvalue weighted by Gasteiger charge is 2.34. The largest absolute Gasteiger partial charge is 0.355 e. The van der Waals surface area contributed by atoms with Crippen LogP contribution in [0, 0.1) is 12.3 Å². The molecule has 31 heavy (non-hydrogen) atoms. The number of hydrogen-bond donors (Lipinski definition) is 1. The topological polar surface area (TPSA) is 52.8 Å². The fourth-order valence-electron chi connectivity index (χ4n) is 4.34. The number of halogens is 1. The standard InChI is InChI=1S/C25H27ClN4O/c1-2-19-4-3-5-21(14-19)15-28-12-10-24-23(17-28)25(31)30(18-29(24)13-11-27)16-20-6-8-22(26)9-7-20/h1,3-9,14H,10-13,15-18,27H2. The maximum absolute atomic E-state index is 13.4. The van der Waals surface area contributed by atoms with Gasteiger partial charge in [0.05, 0.1) is 12.2 Å². The van der Waals surface area contributed by atoms with Crippen LogP contribution in [-0.2, 0) is 17.9 Å². The third-order valence-corrected chi connectivity index (χ3v) is 6.10. The molecule has 0 saturated heterocycles. The molecule has 0 spiro atoms. The highest BCUT2D eigenvalue weighted by Crippen LogP contribution is 2.29. The maximum Gasteiger partial charge on any atom is 0.254 e. The Morgan fingerprint density at radius 2 is 1.87 bits per heavy atom. The number of rotatable bonds is 6. The van der Waals surface area contributed by atoms with Crippen molar-refractivity contribution in [3.63, 3.8) is 0 Å². The number of carbonyl (C=O) groups is 1. The van der Waals surface area contributed by atoms with Crippen LogP contribution in [0.4, 0.5) is 0 Å². The predicted octanol–water partition coefficient (Wildman–Crippen LogP) is 3.04. The van der Waals surface area contributed by atoms with E-state index in [0.717, 1.165) is 48.5 Å². The van der Waals surface area contributed by atoms with Crippen molar-refractivity contribution < 1.29 is 4.79 Å². The van der Waals surface area contributed by atoms with Crippen molar-refractivity contribution in [2.75, 3.05) is 32.8 Å². The van der Waals surface area contributed by atoms with E-state index in [0.29, 0.717) is 31.3 Å². The van der Waals surface area contributed by atoms with E-state index in [1.54, 1.807) is 0 Å². The van der Waals surface area contributed by atoms with Gasteiger partial charge in [-0.1, -0.05) is 41.8 Å². The quantitative estimate of drug-likeness (QED) is 0.710. The summed E-state index contributed by atoms with van der Waals surface area (Å²) in [5.74, 6) is 2.81. The molecule has 0 atom stereocenters. The predicted molar refractivity (Wildman–Crippen MR) is 124 cm³/mol. The Bertz CT molecular complexity index is 1020. The van der Waals surface area contributed by atoms with Gasteiger partial charge in [-0.2, -0.15) is 0 Å². The van der Waals surface area contributed by atoms with Crippen molar-refractivity contribution >= 4 is 17.5 Å². The van der Waals surface area contributed by atoms with E-state index in [1.807, 2.05) is 47.4 Å². The van der Waals surface area contributed by atoms with Crippen LogP contribution in [0.1, 0.15) is 23.1 Å². The Morgan fingerprint density at radius 1 is 1.06 bits per heavy atom. The van der Waals surface area contributed by atoms with Gasteiger partial charge in [0.2, 0.25) is 0 Å². The second-order valence-corrected chi connectivity index (χ2v) is 8.49. The molecular weight excluding hydrogens is 408 g/mol. The molecule has 0 bridgehead atoms. The van der Waals surface area contributed by atoms with Crippen molar-refractivity contribution in [3.05, 3.63) is 81.5 Å². The van der Waals surface area contributed by atoms with Crippen LogP contribution >= 0.6 is 11.6 Å². The number of terminal acetylenes is 1. The molecule has 4 rings (SSSR count). The third-order valence-electron chi connectivity index (χ3n) is 5.85. The summed E-state index contributed by atoms with van der Waals surface area (Å²) in [5, 5.41) is 0.695. The highest BCUT2D eigenvalue weighted by molar-refractivity contribution is 6.30. The Labute approximate surface area is 189 Å². The monoisotopic (exact) mass is 434 g/mol. The molecule has 0 fully saturated rings. The van der Waals surface area contributed by atoms with E-state index in [1.165, 1.54) is 5.56 Å². The molecule has 160 valence electrons. The summed E-state index contributed by atoms with van der Waals surface area (Å²) >= 11 is 6.01. The molecule has 2 aromatic rings. The molecule has 2 aromatic carbocycles. The SMILES string of the molecule is C#Cc1cccc(CN2CCC3=C(C2)C(=O)N(Cc2ccc(Cl)cc2)CN3CCN)c1. The molecule has 0 unspecified atom stereocenters. The Kier molecular flexibility index (Phi) is 6.62. The summed E-state index contributed by atoms with van der Waals surface area (Å²) < 4.78 is 0. The van der Waals surface area contributed by atoms with Gasteiger partial charge in [0.25, 0.3) is 5.91 Å². The van der Waals surface area contributed by atoms with Crippen LogP contribution in [-0.4, -0.2) is 53.5 Å². The molecule has 2 aliphatic heterocycles. The van der Waals surface area contributed by atoms with Gasteiger partial charge >= 0.3 is 0 Å². The zero-order valence-corrected chi connectivity index (χ0v) is 18.3. The van der Waals surface area contributed by atoms with Crippen LogP contribution in [0.2, 0.25) is 5.02 Å². The molecular formula is C25H27ClN4O. The van der Waals surface area contributed by atoms with E-state index in [2.05, 4.69) is 21.8 Å². The van der Waals surface area contributed by atoms with E-state index in [9.17, 15) is 4.79 Å². The summed E-state index contributed by atoms with van der Waals surface area (Å²) in [4.78, 5) is 19.9. The van der Waals surface area contributed by atoms with Crippen molar-refractivity contribution in [2.24, 2.45) is 5.73 Å². The van der Waals surface area contributed by atoms with E-state index in [4.69, 9.17) is 23.8 Å². The second-order valence-electron chi connectivity index (χ2n) is 8.05. The van der Waals surface area contributed by atoms with Crippen molar-refractivity contribution in [3.8, 4) is 12.3 Å². The first-order valence-electron chi connectivity index (χ1n) is 10.6. The lowest BCUT2D eigenvalue weighted by molar-refractivity contribution is -0.132. The number of carbonyl (C=O) groups excluding carboxylic acids is 1. The molecule has 0 radical (unpaired) electrons. The first kappa shape index (κ1) is 21.5. The third kappa shape index (κ3) is 4.94. The Morgan fingerprint density at radius 3 is 2.61 bits per heavy atom. The number of amides is 1. The van der Waals surface area contributed by atoms with Gasteiger partial charge in [0, 0.05) is 62.0 Å². The lowest BCUT2D eigenvalue weighted by Gasteiger charge is -2.43. The number of nitrogens with zero attached hydrogens (tertiary/aromatic N) is 3. The molecule has 0 saturated carbocycles. The van der Waals surface area contributed by atoms with Crippen LogP contribution in [0.25, 0.3) is 0 Å². The minimum atomic E-state index is 0.111. The van der Waals surface area contributed by atoms with Crippen LogP contribution in [0.3, 0.4) is 0 Å². The van der Waals surface area contributed by atoms with Gasteiger partial charge in [-0.05, 0) is 35.4 Å². The first-order chi connectivity index (χ1) is 15.1. The smallest absolute Gasteiger partial charge is 0.254 e. The van der Waals surface area contributed by atoms with Gasteiger partial charge in [0.15, 0.2) is 0 Å². The molecule has 2 N–H and O–H groups in total. The minimum Gasteiger partial charge on any atom is -0.355 e. The van der Waals surface area contributed by atoms with Crippen LogP contribution in [0.15, 0.2) is 59.8 Å². The summed E-state index contributed by atoms with van der Waals surface area (Å²) in [6.07, 6.45) is 6.40. The summed E-state index contributed by atoms with van der Waals surface area (Å²) in [7, 11) is 0. The van der Waals surface area contributed by atoms with Crippen LogP contribution in [0.5, 0.6) is 0 Å². The fourth-order valence-corrected chi connectivity index (χ4v) is 4.47.